The highest BCUT2D eigenvalue weighted by atomic mass is 28.5. The van der Waals surface area contributed by atoms with Gasteiger partial charge in [0.1, 0.15) is 0 Å². The van der Waals surface area contributed by atoms with E-state index in [0.29, 0.717) is 0 Å². The predicted octanol–water partition coefficient (Wildman–Crippen LogP) is 1.52. The average molecular weight is 515 g/mol. The van der Waals surface area contributed by atoms with Crippen LogP contribution < -0.4 is 0 Å². The van der Waals surface area contributed by atoms with Crippen molar-refractivity contribution in [1.29, 1.82) is 0 Å². The second-order valence-corrected chi connectivity index (χ2v) is 16.2. The first-order valence-electron chi connectivity index (χ1n) is 8.83. The van der Waals surface area contributed by atoms with E-state index < -0.39 is 41.8 Å². The Morgan fingerprint density at radius 2 is 0.871 bits per heavy atom. The van der Waals surface area contributed by atoms with Gasteiger partial charge in [-0.3, -0.25) is 0 Å². The van der Waals surface area contributed by atoms with E-state index in [1.165, 1.54) is 73.3 Å². The Morgan fingerprint density at radius 1 is 0.516 bits per heavy atom. The summed E-state index contributed by atoms with van der Waals surface area (Å²) >= 11 is 0. The van der Waals surface area contributed by atoms with E-state index in [-0.39, 0.29) is 0 Å². The summed E-state index contributed by atoms with van der Waals surface area (Å²) in [5.41, 5.74) is 2.97. The summed E-state index contributed by atoms with van der Waals surface area (Å²) < 4.78 is 62.3. The molecule has 0 rings (SSSR count). The SMILES string of the molecule is C=CC(C=C)O[Si](OC)(OC)O[Si](OC)(OC)O[Si](OC)(OC)O[Si](C=C)(C=C)OC. The molecule has 0 aliphatic heterocycles. The Labute approximate surface area is 189 Å². The van der Waals surface area contributed by atoms with Crippen LogP contribution >= 0.6 is 0 Å². The van der Waals surface area contributed by atoms with Crippen LogP contribution in [0.2, 0.25) is 0 Å². The highest BCUT2D eigenvalue weighted by Gasteiger charge is 2.66. The van der Waals surface area contributed by atoms with E-state index in [0.717, 1.165) is 0 Å². The van der Waals surface area contributed by atoms with Crippen molar-refractivity contribution in [2.45, 2.75) is 6.10 Å². The van der Waals surface area contributed by atoms with Gasteiger partial charge in [0.2, 0.25) is 0 Å². The Morgan fingerprint density at radius 3 is 1.16 bits per heavy atom. The Balaban J connectivity index is 6.22. The Hall–Kier alpha value is -0.612. The molecule has 0 saturated heterocycles. The van der Waals surface area contributed by atoms with Gasteiger partial charge in [0.05, 0.1) is 6.10 Å². The van der Waals surface area contributed by atoms with Gasteiger partial charge in [0, 0.05) is 49.8 Å². The molecule has 0 atom stereocenters. The maximum absolute atomic E-state index is 6.04. The molecule has 0 aromatic heterocycles. The van der Waals surface area contributed by atoms with Crippen LogP contribution in [0.25, 0.3) is 0 Å². The van der Waals surface area contributed by atoms with Gasteiger partial charge in [-0.25, -0.2) is 0 Å². The fraction of sp³-hybridized carbons (Fsp3) is 0.500. The van der Waals surface area contributed by atoms with Crippen molar-refractivity contribution >= 4 is 35.7 Å². The summed E-state index contributed by atoms with van der Waals surface area (Å²) in [5.74, 6) is 0. The summed E-state index contributed by atoms with van der Waals surface area (Å²) in [6.45, 7) is 14.8. The molecule has 31 heavy (non-hydrogen) atoms. The van der Waals surface area contributed by atoms with Crippen LogP contribution in [0.4, 0.5) is 0 Å². The fourth-order valence-corrected chi connectivity index (χ4v) is 13.4. The van der Waals surface area contributed by atoms with Crippen molar-refractivity contribution in [2.75, 3.05) is 49.8 Å². The maximum Gasteiger partial charge on any atom is 0.674 e. The van der Waals surface area contributed by atoms with E-state index in [1.54, 1.807) is 0 Å². The van der Waals surface area contributed by atoms with Crippen LogP contribution in [0.3, 0.4) is 0 Å². The zero-order chi connectivity index (χ0) is 24.2. The smallest absolute Gasteiger partial charge is 0.392 e. The van der Waals surface area contributed by atoms with Crippen molar-refractivity contribution in [1.82, 2.24) is 0 Å². The first-order chi connectivity index (χ1) is 14.7. The van der Waals surface area contributed by atoms with Crippen LogP contribution in [0.15, 0.2) is 49.9 Å². The molecule has 11 nitrogen and oxygen atoms in total. The second kappa shape index (κ2) is 13.8. The van der Waals surface area contributed by atoms with Gasteiger partial charge in [0.25, 0.3) is 0 Å². The topological polar surface area (TPSA) is 102 Å². The third kappa shape index (κ3) is 7.73. The van der Waals surface area contributed by atoms with Gasteiger partial charge < -0.3 is 47.8 Å². The van der Waals surface area contributed by atoms with Gasteiger partial charge in [-0.1, -0.05) is 12.2 Å². The number of hydrogen-bond acceptors (Lipinski definition) is 11. The van der Waals surface area contributed by atoms with Crippen molar-refractivity contribution in [3.63, 3.8) is 0 Å². The fourth-order valence-electron chi connectivity index (χ4n) is 2.06. The summed E-state index contributed by atoms with van der Waals surface area (Å²) in [6, 6.07) is 0. The molecule has 0 unspecified atom stereocenters. The van der Waals surface area contributed by atoms with E-state index in [1.807, 2.05) is 0 Å². The van der Waals surface area contributed by atoms with Gasteiger partial charge in [-0.05, 0) is 11.4 Å². The highest BCUT2D eigenvalue weighted by Crippen LogP contribution is 2.28. The number of rotatable bonds is 19. The monoisotopic (exact) mass is 514 g/mol. The average Bonchev–Trinajstić information content (AvgIpc) is 2.84. The van der Waals surface area contributed by atoms with Crippen molar-refractivity contribution in [3.05, 3.63) is 49.9 Å². The molecule has 0 bridgehead atoms. The van der Waals surface area contributed by atoms with Crippen LogP contribution in [0.5, 0.6) is 0 Å². The molecule has 0 aliphatic rings. The summed E-state index contributed by atoms with van der Waals surface area (Å²) in [7, 11) is -5.78. The molecule has 180 valence electrons. The highest BCUT2D eigenvalue weighted by molar-refractivity contribution is 6.85. The third-order valence-electron chi connectivity index (χ3n) is 3.92. The normalized spacial score (nSPS) is 13.3. The molecule has 0 aromatic carbocycles. The molecule has 0 radical (unpaired) electrons. The van der Waals surface area contributed by atoms with E-state index in [4.69, 9.17) is 47.8 Å². The van der Waals surface area contributed by atoms with Crippen LogP contribution in [0, 0.1) is 0 Å². The molecular formula is C16H34O11Si4. The van der Waals surface area contributed by atoms with Crippen molar-refractivity contribution in [2.24, 2.45) is 0 Å². The minimum atomic E-state index is -4.13. The molecule has 0 N–H and O–H groups in total. The third-order valence-corrected chi connectivity index (χ3v) is 15.5. The van der Waals surface area contributed by atoms with Crippen LogP contribution in [0.1, 0.15) is 0 Å². The molecule has 0 spiro atoms. The summed E-state index contributed by atoms with van der Waals surface area (Å²) in [6.07, 6.45) is 2.32. The summed E-state index contributed by atoms with van der Waals surface area (Å²) in [4.78, 5) is 0. The van der Waals surface area contributed by atoms with Crippen molar-refractivity contribution in [3.8, 4) is 0 Å². The number of hydrogen-bond donors (Lipinski definition) is 0. The van der Waals surface area contributed by atoms with E-state index in [2.05, 4.69) is 26.3 Å². The lowest BCUT2D eigenvalue weighted by Crippen LogP contribution is -2.68. The van der Waals surface area contributed by atoms with Gasteiger partial charge >= 0.3 is 35.7 Å². The standard InChI is InChI=1S/C16H34O11Si4/c1-12-16(13-2)24-29(18-6,19-7)26-31(22-10,23-11)27-30(20-8,21-9)25-28(14-3,15-4)17-5/h12-16H,1-4H2,5-11H3. The Kier molecular flexibility index (Phi) is 13.6. The Bertz CT molecular complexity index is 564. The van der Waals surface area contributed by atoms with E-state index in [9.17, 15) is 0 Å². The lowest BCUT2D eigenvalue weighted by molar-refractivity contribution is -0.0490. The van der Waals surface area contributed by atoms with Gasteiger partial charge in [-0.15, -0.1) is 26.3 Å². The van der Waals surface area contributed by atoms with Crippen molar-refractivity contribution < 1.29 is 47.8 Å². The molecule has 0 heterocycles. The first-order valence-corrected chi connectivity index (χ1v) is 15.7. The molecule has 0 fully saturated rings. The minimum absolute atomic E-state index is 0.648. The molecule has 0 saturated carbocycles. The lowest BCUT2D eigenvalue weighted by atomic mass is 10.4. The lowest BCUT2D eigenvalue weighted by Gasteiger charge is -2.39. The van der Waals surface area contributed by atoms with Gasteiger partial charge in [0.15, 0.2) is 0 Å². The quantitative estimate of drug-likeness (QED) is 0.185. The second-order valence-electron chi connectivity index (χ2n) is 5.42. The largest absolute Gasteiger partial charge is 0.674 e. The van der Waals surface area contributed by atoms with Gasteiger partial charge in [-0.2, -0.15) is 0 Å². The molecule has 15 heteroatoms. The molecular weight excluding hydrogens is 481 g/mol. The zero-order valence-corrected chi connectivity index (χ0v) is 23.2. The van der Waals surface area contributed by atoms with Crippen LogP contribution in [-0.2, 0) is 47.8 Å². The zero-order valence-electron chi connectivity index (χ0n) is 19.2. The molecule has 0 aliphatic carbocycles. The minimum Gasteiger partial charge on any atom is -0.392 e. The summed E-state index contributed by atoms with van der Waals surface area (Å²) in [5, 5.41) is 0. The maximum atomic E-state index is 6.04. The van der Waals surface area contributed by atoms with Crippen LogP contribution in [-0.4, -0.2) is 91.6 Å². The molecule has 0 aromatic rings. The molecule has 0 amide bonds. The van der Waals surface area contributed by atoms with E-state index >= 15 is 0 Å². The predicted molar refractivity (Wildman–Crippen MR) is 121 cm³/mol. The first kappa shape index (κ1) is 30.4.